The van der Waals surface area contributed by atoms with Crippen molar-refractivity contribution in [1.82, 2.24) is 5.32 Å². The third-order valence-electron chi connectivity index (χ3n) is 5.36. The van der Waals surface area contributed by atoms with E-state index in [4.69, 9.17) is 9.47 Å². The summed E-state index contributed by atoms with van der Waals surface area (Å²) in [7, 11) is 0. The van der Waals surface area contributed by atoms with Gasteiger partial charge in [-0.1, -0.05) is 0 Å². The molecule has 3 nitrogen and oxygen atoms in total. The van der Waals surface area contributed by atoms with Gasteiger partial charge in [0.05, 0.1) is 19.8 Å². The predicted molar refractivity (Wildman–Crippen MR) is 76.2 cm³/mol. The zero-order valence-electron chi connectivity index (χ0n) is 12.3. The van der Waals surface area contributed by atoms with Crippen molar-refractivity contribution in [3.05, 3.63) is 0 Å². The third kappa shape index (κ3) is 3.32. The molecule has 0 aromatic carbocycles. The number of nitrogens with one attached hydrogen (secondary N) is 1. The molecule has 0 amide bonds. The van der Waals surface area contributed by atoms with Crippen LogP contribution in [0, 0.1) is 17.8 Å². The Morgan fingerprint density at radius 2 is 1.47 bits per heavy atom. The van der Waals surface area contributed by atoms with E-state index in [1.807, 2.05) is 6.92 Å². The lowest BCUT2D eigenvalue weighted by molar-refractivity contribution is -0.0242. The van der Waals surface area contributed by atoms with E-state index >= 15 is 0 Å². The molecular formula is C16H29NO2. The van der Waals surface area contributed by atoms with Crippen LogP contribution in [0.4, 0.5) is 0 Å². The van der Waals surface area contributed by atoms with Crippen molar-refractivity contribution >= 4 is 0 Å². The SMILES string of the molecule is CCOCCOCCNC12CC3CC(CC(C3)C1)C2. The molecule has 0 heterocycles. The summed E-state index contributed by atoms with van der Waals surface area (Å²) in [5, 5.41) is 3.85. The van der Waals surface area contributed by atoms with E-state index in [0.717, 1.165) is 50.7 Å². The van der Waals surface area contributed by atoms with Gasteiger partial charge in [-0.25, -0.2) is 0 Å². The van der Waals surface area contributed by atoms with Crippen LogP contribution < -0.4 is 5.32 Å². The largest absolute Gasteiger partial charge is 0.379 e. The van der Waals surface area contributed by atoms with E-state index in [1.165, 1.54) is 38.5 Å². The first kappa shape index (κ1) is 13.8. The molecule has 0 aromatic heterocycles. The molecule has 0 atom stereocenters. The quantitative estimate of drug-likeness (QED) is 0.686. The van der Waals surface area contributed by atoms with E-state index in [9.17, 15) is 0 Å². The monoisotopic (exact) mass is 267 g/mol. The molecule has 4 rings (SSSR count). The van der Waals surface area contributed by atoms with Crippen LogP contribution in [0.3, 0.4) is 0 Å². The Morgan fingerprint density at radius 1 is 0.895 bits per heavy atom. The molecule has 4 aliphatic rings. The normalized spacial score (nSPS) is 39.9. The Balaban J connectivity index is 1.36. The second-order valence-electron chi connectivity index (χ2n) is 6.93. The maximum absolute atomic E-state index is 5.61. The predicted octanol–water partition coefficient (Wildman–Crippen LogP) is 2.60. The average molecular weight is 267 g/mol. The molecule has 110 valence electrons. The molecule has 4 aliphatic carbocycles. The first-order chi connectivity index (χ1) is 9.30. The number of rotatable bonds is 8. The van der Waals surface area contributed by atoms with E-state index in [2.05, 4.69) is 5.32 Å². The van der Waals surface area contributed by atoms with Gasteiger partial charge in [0.15, 0.2) is 0 Å². The molecular weight excluding hydrogens is 238 g/mol. The van der Waals surface area contributed by atoms with Crippen molar-refractivity contribution in [1.29, 1.82) is 0 Å². The van der Waals surface area contributed by atoms with Gasteiger partial charge in [0.2, 0.25) is 0 Å². The molecule has 0 unspecified atom stereocenters. The topological polar surface area (TPSA) is 30.5 Å². The van der Waals surface area contributed by atoms with Crippen molar-refractivity contribution in [3.63, 3.8) is 0 Å². The smallest absolute Gasteiger partial charge is 0.0701 e. The second kappa shape index (κ2) is 6.11. The first-order valence-electron chi connectivity index (χ1n) is 8.20. The van der Waals surface area contributed by atoms with Gasteiger partial charge in [0, 0.05) is 18.7 Å². The third-order valence-corrected chi connectivity index (χ3v) is 5.36. The van der Waals surface area contributed by atoms with Crippen LogP contribution in [-0.2, 0) is 9.47 Å². The molecule has 4 fully saturated rings. The Kier molecular flexibility index (Phi) is 4.45. The molecule has 1 N–H and O–H groups in total. The van der Waals surface area contributed by atoms with Gasteiger partial charge in [-0.3, -0.25) is 0 Å². The van der Waals surface area contributed by atoms with E-state index in [0.29, 0.717) is 5.54 Å². The number of ether oxygens (including phenoxy) is 2. The van der Waals surface area contributed by atoms with Crippen LogP contribution in [0.1, 0.15) is 45.4 Å². The highest BCUT2D eigenvalue weighted by Crippen LogP contribution is 2.55. The van der Waals surface area contributed by atoms with Gasteiger partial charge in [-0.05, 0) is 63.2 Å². The highest BCUT2D eigenvalue weighted by molar-refractivity contribution is 5.06. The summed E-state index contributed by atoms with van der Waals surface area (Å²) in [6, 6.07) is 0. The number of hydrogen-bond acceptors (Lipinski definition) is 3. The van der Waals surface area contributed by atoms with Crippen molar-refractivity contribution in [2.45, 2.75) is 51.0 Å². The summed E-state index contributed by atoms with van der Waals surface area (Å²) in [5.41, 5.74) is 0.484. The van der Waals surface area contributed by atoms with E-state index in [-0.39, 0.29) is 0 Å². The van der Waals surface area contributed by atoms with E-state index in [1.54, 1.807) is 0 Å². The molecule has 0 aliphatic heterocycles. The van der Waals surface area contributed by atoms with Gasteiger partial charge in [0.1, 0.15) is 0 Å². The lowest BCUT2D eigenvalue weighted by Gasteiger charge is -2.57. The van der Waals surface area contributed by atoms with Gasteiger partial charge < -0.3 is 14.8 Å². The second-order valence-corrected chi connectivity index (χ2v) is 6.93. The molecule has 0 radical (unpaired) electrons. The minimum atomic E-state index is 0.484. The molecule has 0 aromatic rings. The fourth-order valence-electron chi connectivity index (χ4n) is 5.08. The lowest BCUT2D eigenvalue weighted by atomic mass is 9.53. The molecule has 0 spiro atoms. The zero-order valence-corrected chi connectivity index (χ0v) is 12.3. The summed E-state index contributed by atoms with van der Waals surface area (Å²) in [6.45, 7) is 6.11. The van der Waals surface area contributed by atoms with Crippen molar-refractivity contribution in [2.24, 2.45) is 17.8 Å². The van der Waals surface area contributed by atoms with Crippen LogP contribution in [0.15, 0.2) is 0 Å². The highest BCUT2D eigenvalue weighted by Gasteiger charge is 2.50. The lowest BCUT2D eigenvalue weighted by Crippen LogP contribution is -2.58. The maximum atomic E-state index is 5.61. The van der Waals surface area contributed by atoms with Crippen molar-refractivity contribution in [2.75, 3.05) is 33.0 Å². The zero-order chi connectivity index (χ0) is 13.1. The standard InChI is InChI=1S/C16H29NO2/c1-2-18-5-6-19-4-3-17-16-10-13-7-14(11-16)9-15(8-13)12-16/h13-15,17H,2-12H2,1H3. The minimum Gasteiger partial charge on any atom is -0.379 e. The maximum Gasteiger partial charge on any atom is 0.0701 e. The fraction of sp³-hybridized carbons (Fsp3) is 1.00. The van der Waals surface area contributed by atoms with Crippen molar-refractivity contribution < 1.29 is 9.47 Å². The summed E-state index contributed by atoms with van der Waals surface area (Å²) >= 11 is 0. The Hall–Kier alpha value is -0.120. The van der Waals surface area contributed by atoms with Gasteiger partial charge in [-0.15, -0.1) is 0 Å². The van der Waals surface area contributed by atoms with Gasteiger partial charge in [0.25, 0.3) is 0 Å². The van der Waals surface area contributed by atoms with Gasteiger partial charge in [-0.2, -0.15) is 0 Å². The molecule has 4 saturated carbocycles. The summed E-state index contributed by atoms with van der Waals surface area (Å²) in [5.74, 6) is 3.08. The Labute approximate surface area is 117 Å². The van der Waals surface area contributed by atoms with Crippen LogP contribution in [-0.4, -0.2) is 38.5 Å². The number of hydrogen-bond donors (Lipinski definition) is 1. The van der Waals surface area contributed by atoms with Crippen LogP contribution in [0.5, 0.6) is 0 Å². The molecule has 19 heavy (non-hydrogen) atoms. The Morgan fingerprint density at radius 3 is 2.05 bits per heavy atom. The summed E-state index contributed by atoms with van der Waals surface area (Å²) in [6.07, 6.45) is 8.84. The van der Waals surface area contributed by atoms with Gasteiger partial charge >= 0.3 is 0 Å². The van der Waals surface area contributed by atoms with E-state index < -0.39 is 0 Å². The summed E-state index contributed by atoms with van der Waals surface area (Å²) in [4.78, 5) is 0. The molecule has 4 bridgehead atoms. The molecule has 0 saturated heterocycles. The first-order valence-corrected chi connectivity index (χ1v) is 8.20. The highest BCUT2D eigenvalue weighted by atomic mass is 16.5. The summed E-state index contributed by atoms with van der Waals surface area (Å²) < 4.78 is 10.9. The van der Waals surface area contributed by atoms with Crippen LogP contribution in [0.25, 0.3) is 0 Å². The average Bonchev–Trinajstić information content (AvgIpc) is 2.36. The van der Waals surface area contributed by atoms with Crippen LogP contribution in [0.2, 0.25) is 0 Å². The Bertz CT molecular complexity index is 257. The van der Waals surface area contributed by atoms with Crippen LogP contribution >= 0.6 is 0 Å². The molecule has 3 heteroatoms. The minimum absolute atomic E-state index is 0.484. The van der Waals surface area contributed by atoms with Crippen molar-refractivity contribution in [3.8, 4) is 0 Å². The fourth-order valence-corrected chi connectivity index (χ4v) is 5.08.